The molecule has 2 heteroatoms. The molecule has 1 atom stereocenters. The normalized spacial score (nSPS) is 15.0. The number of nitrogens with zero attached hydrogens (tertiary/aromatic N) is 2. The van der Waals surface area contributed by atoms with Gasteiger partial charge in [0.25, 0.3) is 0 Å². The number of anilines is 3. The summed E-state index contributed by atoms with van der Waals surface area (Å²) in [6.07, 6.45) is 0. The van der Waals surface area contributed by atoms with E-state index < -0.39 is 5.41 Å². The molecule has 0 N–H and O–H groups in total. The average Bonchev–Trinajstić information content (AvgIpc) is 4.04. The molecule has 11 aromatic carbocycles. The summed E-state index contributed by atoms with van der Waals surface area (Å²) in [5, 5.41) is 2.54. The zero-order valence-corrected chi connectivity index (χ0v) is 39.4. The second-order valence-corrected chi connectivity index (χ2v) is 19.3. The molecule has 2 aliphatic rings. The Labute approximate surface area is 415 Å². The molecule has 14 rings (SSSR count). The summed E-state index contributed by atoms with van der Waals surface area (Å²) in [5.74, 6) is 0. The molecule has 0 spiro atoms. The van der Waals surface area contributed by atoms with Gasteiger partial charge in [-0.05, 0) is 140 Å². The van der Waals surface area contributed by atoms with E-state index in [9.17, 15) is 0 Å². The first-order valence-electron chi connectivity index (χ1n) is 24.8. The average molecular weight is 905 g/mol. The Hall–Kier alpha value is -8.98. The van der Waals surface area contributed by atoms with Gasteiger partial charge in [0, 0.05) is 38.9 Å². The van der Waals surface area contributed by atoms with Crippen LogP contribution in [-0.2, 0) is 10.8 Å². The molecule has 2 nitrogen and oxygen atoms in total. The summed E-state index contributed by atoms with van der Waals surface area (Å²) in [6, 6.07) is 101. The number of hydrogen-bond donors (Lipinski definition) is 0. The van der Waals surface area contributed by atoms with Crippen LogP contribution in [0.15, 0.2) is 273 Å². The second-order valence-electron chi connectivity index (χ2n) is 19.3. The van der Waals surface area contributed by atoms with E-state index >= 15 is 0 Å². The second kappa shape index (κ2) is 16.1. The van der Waals surface area contributed by atoms with Gasteiger partial charge in [0.05, 0.1) is 16.4 Å². The van der Waals surface area contributed by atoms with Gasteiger partial charge in [-0.15, -0.1) is 0 Å². The minimum atomic E-state index is -0.479. The first-order chi connectivity index (χ1) is 35.1. The molecule has 0 aliphatic heterocycles. The number of para-hydroxylation sites is 2. The monoisotopic (exact) mass is 904 g/mol. The lowest BCUT2D eigenvalue weighted by Crippen LogP contribution is -2.28. The maximum absolute atomic E-state index is 2.45. The maximum Gasteiger partial charge on any atom is 0.0713 e. The van der Waals surface area contributed by atoms with Gasteiger partial charge in [-0.2, -0.15) is 0 Å². The van der Waals surface area contributed by atoms with Crippen molar-refractivity contribution in [3.8, 4) is 39.1 Å². The predicted octanol–water partition coefficient (Wildman–Crippen LogP) is 17.6. The largest absolute Gasteiger partial charge is 0.310 e. The van der Waals surface area contributed by atoms with Gasteiger partial charge in [0.1, 0.15) is 0 Å². The molecular formula is C69H48N2. The summed E-state index contributed by atoms with van der Waals surface area (Å²) in [6.45, 7) is 2.40. The molecule has 12 aromatic rings. The molecule has 1 heterocycles. The molecule has 334 valence electrons. The van der Waals surface area contributed by atoms with Crippen molar-refractivity contribution in [3.63, 3.8) is 0 Å². The van der Waals surface area contributed by atoms with Crippen LogP contribution < -0.4 is 4.90 Å². The van der Waals surface area contributed by atoms with Crippen LogP contribution in [0.4, 0.5) is 17.1 Å². The van der Waals surface area contributed by atoms with Crippen molar-refractivity contribution >= 4 is 38.9 Å². The number of hydrogen-bond acceptors (Lipinski definition) is 1. The first kappa shape index (κ1) is 41.0. The number of rotatable bonds is 8. The van der Waals surface area contributed by atoms with Crippen LogP contribution in [0.5, 0.6) is 0 Å². The van der Waals surface area contributed by atoms with E-state index in [4.69, 9.17) is 0 Å². The minimum Gasteiger partial charge on any atom is -0.310 e. The van der Waals surface area contributed by atoms with Crippen molar-refractivity contribution in [1.29, 1.82) is 0 Å². The molecule has 0 saturated carbocycles. The molecule has 2 aliphatic carbocycles. The highest BCUT2D eigenvalue weighted by molar-refractivity contribution is 6.09. The molecule has 0 bridgehead atoms. The van der Waals surface area contributed by atoms with Crippen LogP contribution in [0, 0.1) is 0 Å². The Morgan fingerprint density at radius 2 is 0.718 bits per heavy atom. The Bertz CT molecular complexity index is 3880. The van der Waals surface area contributed by atoms with E-state index in [0.29, 0.717) is 0 Å². The number of benzene rings is 11. The molecule has 0 fully saturated rings. The van der Waals surface area contributed by atoms with Crippen molar-refractivity contribution in [1.82, 2.24) is 4.57 Å². The summed E-state index contributed by atoms with van der Waals surface area (Å²) < 4.78 is 2.38. The fourth-order valence-corrected chi connectivity index (χ4v) is 12.5. The molecule has 71 heavy (non-hydrogen) atoms. The Morgan fingerprint density at radius 1 is 0.310 bits per heavy atom. The van der Waals surface area contributed by atoms with Crippen LogP contribution in [0.2, 0.25) is 0 Å². The number of fused-ring (bicyclic) bond motifs is 9. The molecule has 0 saturated heterocycles. The third kappa shape index (κ3) is 6.08. The standard InChI is InChI=1S/C69H48N2/c1-68(49-18-4-2-5-19-49)62-27-13-8-22-56(62)59-45-44-55(46-65(59)68)70(52-38-32-47(33-39-52)48-34-40-54(41-35-48)71-66-30-16-11-25-60(66)61-26-12-17-31-67(61)71)53-42-36-51(37-43-53)69(50-20-6-3-7-21-50)63-28-14-9-23-57(63)58-24-10-15-29-64(58)69/h2-46H,1H3. The van der Waals surface area contributed by atoms with Crippen LogP contribution >= 0.6 is 0 Å². The van der Waals surface area contributed by atoms with Gasteiger partial charge in [0.2, 0.25) is 0 Å². The van der Waals surface area contributed by atoms with Gasteiger partial charge >= 0.3 is 0 Å². The summed E-state index contributed by atoms with van der Waals surface area (Å²) in [5.41, 5.74) is 22.7. The maximum atomic E-state index is 2.45. The van der Waals surface area contributed by atoms with E-state index in [0.717, 1.165) is 22.7 Å². The first-order valence-corrected chi connectivity index (χ1v) is 24.8. The van der Waals surface area contributed by atoms with Gasteiger partial charge < -0.3 is 9.47 Å². The van der Waals surface area contributed by atoms with E-state index in [1.54, 1.807) is 0 Å². The fourth-order valence-electron chi connectivity index (χ4n) is 12.5. The van der Waals surface area contributed by atoms with Crippen molar-refractivity contribution in [2.45, 2.75) is 17.8 Å². The number of aromatic nitrogens is 1. The van der Waals surface area contributed by atoms with E-state index in [2.05, 4.69) is 289 Å². The molecule has 0 amide bonds. The summed E-state index contributed by atoms with van der Waals surface area (Å²) >= 11 is 0. The minimum absolute atomic E-state index is 0.334. The smallest absolute Gasteiger partial charge is 0.0713 e. The topological polar surface area (TPSA) is 8.17 Å². The summed E-state index contributed by atoms with van der Waals surface area (Å²) in [4.78, 5) is 2.44. The lowest BCUT2D eigenvalue weighted by atomic mass is 9.68. The highest BCUT2D eigenvalue weighted by atomic mass is 15.1. The van der Waals surface area contributed by atoms with Crippen molar-refractivity contribution < 1.29 is 0 Å². The predicted molar refractivity (Wildman–Crippen MR) is 296 cm³/mol. The van der Waals surface area contributed by atoms with Crippen LogP contribution in [0.1, 0.15) is 45.9 Å². The van der Waals surface area contributed by atoms with Crippen molar-refractivity contribution in [3.05, 3.63) is 312 Å². The molecule has 0 radical (unpaired) electrons. The van der Waals surface area contributed by atoms with E-state index in [-0.39, 0.29) is 5.41 Å². The van der Waals surface area contributed by atoms with Crippen LogP contribution in [0.25, 0.3) is 60.9 Å². The van der Waals surface area contributed by atoms with Gasteiger partial charge in [-0.3, -0.25) is 0 Å². The highest BCUT2D eigenvalue weighted by Crippen LogP contribution is 2.57. The Balaban J connectivity index is 0.903. The van der Waals surface area contributed by atoms with Crippen molar-refractivity contribution in [2.24, 2.45) is 0 Å². The quantitative estimate of drug-likeness (QED) is 0.147. The zero-order chi connectivity index (χ0) is 47.1. The van der Waals surface area contributed by atoms with E-state index in [1.807, 2.05) is 0 Å². The Kier molecular flexibility index (Phi) is 9.28. The van der Waals surface area contributed by atoms with Gasteiger partial charge in [-0.25, -0.2) is 0 Å². The zero-order valence-electron chi connectivity index (χ0n) is 39.4. The van der Waals surface area contributed by atoms with Crippen LogP contribution in [-0.4, -0.2) is 4.57 Å². The SMILES string of the molecule is CC1(c2ccccc2)c2ccccc2-c2ccc(N(c3ccc(-c4ccc(-n5c6ccccc6c6ccccc65)cc4)cc3)c3ccc(C4(c5ccccc5)c5ccccc5-c5ccccc54)cc3)cc21. The summed E-state index contributed by atoms with van der Waals surface area (Å²) in [7, 11) is 0. The van der Waals surface area contributed by atoms with E-state index in [1.165, 1.54) is 94.1 Å². The van der Waals surface area contributed by atoms with Crippen LogP contribution in [0.3, 0.4) is 0 Å². The fraction of sp³-hybridized carbons (Fsp3) is 0.0435. The lowest BCUT2D eigenvalue weighted by molar-refractivity contribution is 0.714. The Morgan fingerprint density at radius 3 is 1.30 bits per heavy atom. The van der Waals surface area contributed by atoms with Crippen molar-refractivity contribution in [2.75, 3.05) is 4.90 Å². The molecular weight excluding hydrogens is 857 g/mol. The lowest BCUT2D eigenvalue weighted by Gasteiger charge is -2.34. The third-order valence-corrected chi connectivity index (χ3v) is 15.8. The third-order valence-electron chi connectivity index (χ3n) is 15.8. The van der Waals surface area contributed by atoms with Gasteiger partial charge in [-0.1, -0.05) is 212 Å². The van der Waals surface area contributed by atoms with Gasteiger partial charge in [0.15, 0.2) is 0 Å². The highest BCUT2D eigenvalue weighted by Gasteiger charge is 2.46. The molecule has 1 unspecified atom stereocenters. The molecule has 1 aromatic heterocycles.